The minimum atomic E-state index is -0.173. The molecule has 0 saturated heterocycles. The number of aromatic nitrogens is 1. The number of carbonyl (C=O) groups excluding carboxylic acids is 1. The smallest absolute Gasteiger partial charge is 0.271 e. The zero-order valence-electron chi connectivity index (χ0n) is 16.0. The minimum absolute atomic E-state index is 0.0859. The predicted molar refractivity (Wildman–Crippen MR) is 118 cm³/mol. The zero-order chi connectivity index (χ0) is 20.1. The van der Waals surface area contributed by atoms with Gasteiger partial charge in [0.15, 0.2) is 11.7 Å². The number of para-hydroxylation sites is 2. The Morgan fingerprint density at radius 2 is 1.59 bits per heavy atom. The summed E-state index contributed by atoms with van der Waals surface area (Å²) in [4.78, 5) is 19.3. The highest BCUT2D eigenvalue weighted by Gasteiger charge is 2.21. The molecule has 0 spiro atoms. The van der Waals surface area contributed by atoms with Gasteiger partial charge < -0.3 is 4.74 Å². The van der Waals surface area contributed by atoms with Crippen molar-refractivity contribution in [3.05, 3.63) is 96.0 Å². The van der Waals surface area contributed by atoms with E-state index in [0.717, 1.165) is 22.5 Å². The van der Waals surface area contributed by atoms with Crippen LogP contribution >= 0.6 is 11.3 Å². The molecule has 0 aliphatic rings. The maximum atomic E-state index is 13.1. The molecule has 4 nitrogen and oxygen atoms in total. The first kappa shape index (κ1) is 18.9. The summed E-state index contributed by atoms with van der Waals surface area (Å²) in [5.41, 5.74) is 3.66. The fraction of sp³-hybridized carbons (Fsp3) is 0.0833. The van der Waals surface area contributed by atoms with E-state index < -0.39 is 0 Å². The Morgan fingerprint density at radius 3 is 2.28 bits per heavy atom. The molecule has 1 aromatic heterocycles. The molecule has 4 aromatic rings. The number of rotatable bonds is 6. The lowest BCUT2D eigenvalue weighted by Gasteiger charge is -2.20. The van der Waals surface area contributed by atoms with E-state index >= 15 is 0 Å². The lowest BCUT2D eigenvalue weighted by atomic mass is 10.1. The van der Waals surface area contributed by atoms with Gasteiger partial charge in [-0.1, -0.05) is 66.7 Å². The molecular weight excluding hydrogens is 380 g/mol. The van der Waals surface area contributed by atoms with E-state index in [1.54, 1.807) is 4.90 Å². The molecule has 0 unspecified atom stereocenters. The number of hydrogen-bond acceptors (Lipinski definition) is 4. The summed E-state index contributed by atoms with van der Waals surface area (Å²) in [5.74, 6) is 0.504. The Labute approximate surface area is 174 Å². The summed E-state index contributed by atoms with van der Waals surface area (Å²) in [6.07, 6.45) is 0. The Morgan fingerprint density at radius 1 is 0.931 bits per heavy atom. The molecule has 1 amide bonds. The van der Waals surface area contributed by atoms with Gasteiger partial charge in [-0.3, -0.25) is 9.69 Å². The van der Waals surface area contributed by atoms with Gasteiger partial charge in [0.1, 0.15) is 5.75 Å². The minimum Gasteiger partial charge on any atom is -0.483 e. The number of thiazole rings is 1. The van der Waals surface area contributed by atoms with E-state index in [2.05, 4.69) is 4.98 Å². The van der Waals surface area contributed by atoms with Gasteiger partial charge in [-0.25, -0.2) is 4.98 Å². The summed E-state index contributed by atoms with van der Waals surface area (Å²) in [6.45, 7) is 1.83. The lowest BCUT2D eigenvalue weighted by molar-refractivity contribution is -0.119. The van der Waals surface area contributed by atoms with Gasteiger partial charge in [-0.2, -0.15) is 0 Å². The number of hydrogen-bond donors (Lipinski definition) is 0. The maximum absolute atomic E-state index is 13.1. The molecule has 3 aromatic carbocycles. The van der Waals surface area contributed by atoms with Crippen LogP contribution in [-0.4, -0.2) is 17.5 Å². The summed E-state index contributed by atoms with van der Waals surface area (Å²) in [7, 11) is 0. The van der Waals surface area contributed by atoms with Crippen molar-refractivity contribution in [3.8, 4) is 16.9 Å². The first-order chi connectivity index (χ1) is 14.2. The molecule has 4 rings (SSSR count). The second-order valence-corrected chi connectivity index (χ2v) is 7.32. The van der Waals surface area contributed by atoms with Crippen LogP contribution in [0.4, 0.5) is 10.8 Å². The van der Waals surface area contributed by atoms with Crippen molar-refractivity contribution in [1.82, 2.24) is 4.98 Å². The van der Waals surface area contributed by atoms with Gasteiger partial charge in [-0.15, -0.1) is 11.3 Å². The molecule has 0 saturated carbocycles. The van der Waals surface area contributed by atoms with Crippen LogP contribution < -0.4 is 9.64 Å². The fourth-order valence-electron chi connectivity index (χ4n) is 3.04. The van der Waals surface area contributed by atoms with Crippen molar-refractivity contribution in [3.63, 3.8) is 0 Å². The van der Waals surface area contributed by atoms with E-state index in [4.69, 9.17) is 4.74 Å². The number of ether oxygens (including phenoxy) is 1. The first-order valence-corrected chi connectivity index (χ1v) is 10.2. The average molecular weight is 401 g/mol. The van der Waals surface area contributed by atoms with Crippen LogP contribution in [0.2, 0.25) is 0 Å². The van der Waals surface area contributed by atoms with Crippen LogP contribution in [0.25, 0.3) is 11.1 Å². The van der Waals surface area contributed by atoms with Crippen LogP contribution in [0.3, 0.4) is 0 Å². The van der Waals surface area contributed by atoms with E-state index in [9.17, 15) is 4.79 Å². The zero-order valence-corrected chi connectivity index (χ0v) is 16.8. The van der Waals surface area contributed by atoms with Crippen LogP contribution in [-0.2, 0) is 4.79 Å². The number of aryl methyl sites for hydroxylation is 1. The third kappa shape index (κ3) is 4.36. The highest BCUT2D eigenvalue weighted by Crippen LogP contribution is 2.31. The van der Waals surface area contributed by atoms with E-state index in [0.29, 0.717) is 10.9 Å². The third-order valence-corrected chi connectivity index (χ3v) is 5.33. The second kappa shape index (κ2) is 8.71. The van der Waals surface area contributed by atoms with Crippen molar-refractivity contribution in [2.75, 3.05) is 11.5 Å². The normalized spacial score (nSPS) is 10.5. The summed E-state index contributed by atoms with van der Waals surface area (Å²) in [5, 5.41) is 2.57. The van der Waals surface area contributed by atoms with E-state index in [1.807, 2.05) is 97.2 Å². The van der Waals surface area contributed by atoms with Crippen LogP contribution in [0.5, 0.6) is 5.75 Å². The van der Waals surface area contributed by atoms with Gasteiger partial charge in [-0.05, 0) is 30.7 Å². The standard InChI is InChI=1S/C24H20N2O2S/c1-18-17-29-24(25-18)26(20-12-6-3-7-13-20)23(27)16-28-22-15-9-8-14-21(22)19-10-4-2-5-11-19/h2-15,17H,16H2,1H3. The monoisotopic (exact) mass is 400 g/mol. The predicted octanol–water partition coefficient (Wildman–Crippen LogP) is 5.86. The number of amides is 1. The third-order valence-electron chi connectivity index (χ3n) is 4.38. The largest absolute Gasteiger partial charge is 0.483 e. The van der Waals surface area contributed by atoms with Crippen molar-refractivity contribution in [2.24, 2.45) is 0 Å². The first-order valence-electron chi connectivity index (χ1n) is 9.30. The molecule has 0 aliphatic heterocycles. The Hall–Kier alpha value is -3.44. The maximum Gasteiger partial charge on any atom is 0.271 e. The van der Waals surface area contributed by atoms with Crippen molar-refractivity contribution in [1.29, 1.82) is 0 Å². The van der Waals surface area contributed by atoms with Gasteiger partial charge >= 0.3 is 0 Å². The number of nitrogens with zero attached hydrogens (tertiary/aromatic N) is 2. The van der Waals surface area contributed by atoms with E-state index in [1.165, 1.54) is 11.3 Å². The molecule has 0 N–H and O–H groups in total. The highest BCUT2D eigenvalue weighted by atomic mass is 32.1. The Balaban J connectivity index is 1.58. The SMILES string of the molecule is Cc1csc(N(C(=O)COc2ccccc2-c2ccccc2)c2ccccc2)n1. The molecule has 0 atom stereocenters. The lowest BCUT2D eigenvalue weighted by Crippen LogP contribution is -2.31. The number of benzene rings is 3. The van der Waals surface area contributed by atoms with Gasteiger partial charge in [0.05, 0.1) is 11.4 Å². The summed E-state index contributed by atoms with van der Waals surface area (Å²) < 4.78 is 5.97. The van der Waals surface area contributed by atoms with Gasteiger partial charge in [0, 0.05) is 10.9 Å². The topological polar surface area (TPSA) is 42.4 Å². The molecule has 0 radical (unpaired) electrons. The molecule has 5 heteroatoms. The molecule has 0 bridgehead atoms. The fourth-order valence-corrected chi connectivity index (χ4v) is 3.87. The second-order valence-electron chi connectivity index (χ2n) is 6.49. The molecule has 0 aliphatic carbocycles. The Kier molecular flexibility index (Phi) is 5.68. The quantitative estimate of drug-likeness (QED) is 0.407. The number of anilines is 2. The van der Waals surface area contributed by atoms with Crippen molar-refractivity contribution < 1.29 is 9.53 Å². The van der Waals surface area contributed by atoms with Crippen molar-refractivity contribution >= 4 is 28.1 Å². The molecule has 0 fully saturated rings. The molecule has 29 heavy (non-hydrogen) atoms. The van der Waals surface area contributed by atoms with Crippen LogP contribution in [0.1, 0.15) is 5.69 Å². The molecule has 1 heterocycles. The van der Waals surface area contributed by atoms with Crippen molar-refractivity contribution in [2.45, 2.75) is 6.92 Å². The van der Waals surface area contributed by atoms with Crippen LogP contribution in [0, 0.1) is 6.92 Å². The Bertz CT molecular complexity index is 1090. The summed E-state index contributed by atoms with van der Waals surface area (Å²) in [6, 6.07) is 27.3. The van der Waals surface area contributed by atoms with E-state index in [-0.39, 0.29) is 12.5 Å². The van der Waals surface area contributed by atoms with Gasteiger partial charge in [0.2, 0.25) is 0 Å². The highest BCUT2D eigenvalue weighted by molar-refractivity contribution is 7.14. The molecular formula is C24H20N2O2S. The van der Waals surface area contributed by atoms with Crippen LogP contribution in [0.15, 0.2) is 90.3 Å². The molecule has 144 valence electrons. The summed E-state index contributed by atoms with van der Waals surface area (Å²) >= 11 is 1.44. The number of carbonyl (C=O) groups is 1. The average Bonchev–Trinajstić information content (AvgIpc) is 3.19. The van der Waals surface area contributed by atoms with Gasteiger partial charge in [0.25, 0.3) is 5.91 Å².